The Kier molecular flexibility index (Phi) is 13.8. The van der Waals surface area contributed by atoms with E-state index in [4.69, 9.17) is 5.73 Å². The lowest BCUT2D eigenvalue weighted by Crippen LogP contribution is -2.57. The van der Waals surface area contributed by atoms with Crippen molar-refractivity contribution in [1.29, 1.82) is 0 Å². The summed E-state index contributed by atoms with van der Waals surface area (Å²) < 4.78 is 0. The summed E-state index contributed by atoms with van der Waals surface area (Å²) in [5.41, 5.74) is 9.80. The number of carbonyl (C=O) groups is 3. The first kappa shape index (κ1) is 35.7. The second-order valence-corrected chi connectivity index (χ2v) is 14.1. The molecule has 0 saturated carbocycles. The molecule has 3 amide bonds. The fraction of sp³-hybridized carbons (Fsp3) is 0.647. The number of amides is 3. The summed E-state index contributed by atoms with van der Waals surface area (Å²) >= 11 is 1.59. The fourth-order valence-electron chi connectivity index (χ4n) is 5.74. The molecule has 1 aromatic heterocycles. The average Bonchev–Trinajstić information content (AvgIpc) is 3.59. The molecule has 244 valence electrons. The summed E-state index contributed by atoms with van der Waals surface area (Å²) in [5, 5.41) is 16.5. The highest BCUT2D eigenvalue weighted by Crippen LogP contribution is 2.29. The maximum Gasteiger partial charge on any atom is 0.246 e. The molecule has 2 heterocycles. The van der Waals surface area contributed by atoms with Crippen LogP contribution in [-0.2, 0) is 14.4 Å². The minimum atomic E-state index is -0.814. The van der Waals surface area contributed by atoms with Crippen LogP contribution in [0.3, 0.4) is 0 Å². The van der Waals surface area contributed by atoms with Gasteiger partial charge in [0, 0.05) is 19.4 Å². The lowest BCUT2D eigenvalue weighted by molar-refractivity contribution is -0.144. The van der Waals surface area contributed by atoms with Crippen LogP contribution in [0.1, 0.15) is 109 Å². The van der Waals surface area contributed by atoms with Crippen molar-refractivity contribution in [2.24, 2.45) is 11.1 Å². The van der Waals surface area contributed by atoms with Gasteiger partial charge in [-0.05, 0) is 49.8 Å². The van der Waals surface area contributed by atoms with Gasteiger partial charge in [-0.15, -0.1) is 11.3 Å². The van der Waals surface area contributed by atoms with E-state index < -0.39 is 23.6 Å². The van der Waals surface area contributed by atoms with Gasteiger partial charge < -0.3 is 26.4 Å². The first-order chi connectivity index (χ1) is 20.9. The molecule has 3 rings (SSSR count). The number of rotatable bonds is 16. The second kappa shape index (κ2) is 17.0. The molecule has 2 aromatic rings. The van der Waals surface area contributed by atoms with Crippen molar-refractivity contribution in [3.05, 3.63) is 41.0 Å². The van der Waals surface area contributed by atoms with Crippen molar-refractivity contribution in [3.63, 3.8) is 0 Å². The molecule has 1 aromatic carbocycles. The van der Waals surface area contributed by atoms with Crippen LogP contribution in [0.2, 0.25) is 0 Å². The van der Waals surface area contributed by atoms with E-state index in [1.54, 1.807) is 11.3 Å². The number of hydrogen-bond donors (Lipinski definition) is 4. The van der Waals surface area contributed by atoms with Crippen molar-refractivity contribution in [1.82, 2.24) is 20.5 Å². The Morgan fingerprint density at radius 2 is 1.64 bits per heavy atom. The van der Waals surface area contributed by atoms with Crippen LogP contribution in [0.4, 0.5) is 0 Å². The number of aromatic nitrogens is 1. The Hall–Kier alpha value is -2.82. The van der Waals surface area contributed by atoms with Crippen LogP contribution < -0.4 is 16.4 Å². The number of nitrogens with zero attached hydrogens (tertiary/aromatic N) is 2. The summed E-state index contributed by atoms with van der Waals surface area (Å²) in [6, 6.07) is 6.10. The maximum absolute atomic E-state index is 13.9. The zero-order valence-electron chi connectivity index (χ0n) is 27.2. The number of aliphatic hydroxyl groups excluding tert-OH is 1. The lowest BCUT2D eigenvalue weighted by Gasteiger charge is -2.35. The monoisotopic (exact) mass is 627 g/mol. The number of unbranched alkanes of at least 4 members (excludes halogenated alkanes) is 7. The van der Waals surface area contributed by atoms with E-state index in [0.29, 0.717) is 6.42 Å². The van der Waals surface area contributed by atoms with E-state index in [0.717, 1.165) is 60.3 Å². The second-order valence-electron chi connectivity index (χ2n) is 13.2. The number of hydrogen-bond acceptors (Lipinski definition) is 7. The van der Waals surface area contributed by atoms with Gasteiger partial charge in [0.05, 0.1) is 28.2 Å². The van der Waals surface area contributed by atoms with Gasteiger partial charge in [0.15, 0.2) is 0 Å². The standard InChI is InChI=1S/C34H53N5O4S/c1-23(25-15-17-26(18-16-25)30-24(2)36-22-44-30)37-32(42)28-20-27(40)21-39(28)33(43)31(34(3,4)5)38-29(41)14-12-10-8-6-7-9-11-13-19-35/h15-18,22-23,27-28,31,40H,6-14,19-21,35H2,1-5H3,(H,37,42)(H,38,41)/t23-,27-,28+,31+/m0/s1. The first-order valence-corrected chi connectivity index (χ1v) is 17.1. The molecule has 1 saturated heterocycles. The molecule has 9 nitrogen and oxygen atoms in total. The zero-order valence-corrected chi connectivity index (χ0v) is 28.0. The van der Waals surface area contributed by atoms with Gasteiger partial charge in [0.2, 0.25) is 17.7 Å². The Morgan fingerprint density at radius 1 is 1.02 bits per heavy atom. The third kappa shape index (κ3) is 10.4. The third-order valence-electron chi connectivity index (χ3n) is 8.42. The van der Waals surface area contributed by atoms with Crippen LogP contribution in [0.15, 0.2) is 29.8 Å². The van der Waals surface area contributed by atoms with E-state index in [1.807, 2.05) is 64.4 Å². The molecule has 5 N–H and O–H groups in total. The number of carbonyl (C=O) groups excluding carboxylic acids is 3. The minimum absolute atomic E-state index is 0.0575. The quantitative estimate of drug-likeness (QED) is 0.188. The largest absolute Gasteiger partial charge is 0.391 e. The molecule has 44 heavy (non-hydrogen) atoms. The summed E-state index contributed by atoms with van der Waals surface area (Å²) in [5.74, 6) is -0.809. The van der Waals surface area contributed by atoms with Crippen molar-refractivity contribution in [2.75, 3.05) is 13.1 Å². The highest BCUT2D eigenvalue weighted by molar-refractivity contribution is 7.13. The Morgan fingerprint density at radius 3 is 2.20 bits per heavy atom. The van der Waals surface area contributed by atoms with Gasteiger partial charge in [0.25, 0.3) is 0 Å². The molecule has 0 bridgehead atoms. The predicted octanol–water partition coefficient (Wildman–Crippen LogP) is 5.26. The van der Waals surface area contributed by atoms with Crippen LogP contribution in [-0.4, -0.2) is 64.0 Å². The number of β-amino-alcohol motifs (C(OH)–C–C–N with tert-alkyl or cyclic N) is 1. The summed E-state index contributed by atoms with van der Waals surface area (Å²) in [6.45, 7) is 10.4. The van der Waals surface area contributed by atoms with Gasteiger partial charge in [0.1, 0.15) is 12.1 Å². The summed E-state index contributed by atoms with van der Waals surface area (Å²) in [6.07, 6.45) is 8.37. The number of nitrogens with one attached hydrogen (secondary N) is 2. The summed E-state index contributed by atoms with van der Waals surface area (Å²) in [7, 11) is 0. The lowest BCUT2D eigenvalue weighted by atomic mass is 9.85. The third-order valence-corrected chi connectivity index (χ3v) is 9.40. The number of benzene rings is 1. The highest BCUT2D eigenvalue weighted by Gasteiger charge is 2.44. The van der Waals surface area contributed by atoms with Crippen LogP contribution in [0, 0.1) is 12.3 Å². The van der Waals surface area contributed by atoms with Gasteiger partial charge >= 0.3 is 0 Å². The minimum Gasteiger partial charge on any atom is -0.391 e. The smallest absolute Gasteiger partial charge is 0.246 e. The van der Waals surface area contributed by atoms with Crippen LogP contribution in [0.25, 0.3) is 10.4 Å². The Bertz CT molecular complexity index is 1210. The highest BCUT2D eigenvalue weighted by atomic mass is 32.1. The number of nitrogens with two attached hydrogens (primary N) is 1. The van der Waals surface area contributed by atoms with Crippen LogP contribution >= 0.6 is 11.3 Å². The number of aliphatic hydroxyl groups is 1. The first-order valence-electron chi connectivity index (χ1n) is 16.2. The van der Waals surface area contributed by atoms with Gasteiger partial charge in [-0.25, -0.2) is 4.98 Å². The molecular formula is C34H53N5O4S. The average molecular weight is 628 g/mol. The molecule has 0 unspecified atom stereocenters. The topological polar surface area (TPSA) is 138 Å². The van der Waals surface area contributed by atoms with Crippen molar-refractivity contribution >= 4 is 29.1 Å². The van der Waals surface area contributed by atoms with Crippen molar-refractivity contribution in [2.45, 2.75) is 123 Å². The zero-order chi connectivity index (χ0) is 32.3. The fourth-order valence-corrected chi connectivity index (χ4v) is 6.55. The van der Waals surface area contributed by atoms with Gasteiger partial charge in [-0.1, -0.05) is 83.6 Å². The molecule has 1 aliphatic heterocycles. The molecule has 0 radical (unpaired) electrons. The van der Waals surface area contributed by atoms with Gasteiger partial charge in [-0.3, -0.25) is 14.4 Å². The number of aryl methyl sites for hydroxylation is 1. The Balaban J connectivity index is 1.56. The van der Waals surface area contributed by atoms with E-state index in [-0.39, 0.29) is 36.7 Å². The van der Waals surface area contributed by atoms with Crippen LogP contribution in [0.5, 0.6) is 0 Å². The number of likely N-dealkylation sites (tertiary alicyclic amines) is 1. The molecule has 0 spiro atoms. The SMILES string of the molecule is Cc1ncsc1-c1ccc([C@H](C)NC(=O)[C@H]2C[C@H](O)CN2C(=O)[C@@H](NC(=O)CCCCCCCCCCN)C(C)(C)C)cc1. The van der Waals surface area contributed by atoms with E-state index >= 15 is 0 Å². The molecule has 4 atom stereocenters. The van der Waals surface area contributed by atoms with Gasteiger partial charge in [-0.2, -0.15) is 0 Å². The predicted molar refractivity (Wildman–Crippen MR) is 177 cm³/mol. The molecule has 1 fully saturated rings. The normalized spacial score (nSPS) is 18.2. The Labute approximate surface area is 267 Å². The van der Waals surface area contributed by atoms with Crippen molar-refractivity contribution in [3.8, 4) is 10.4 Å². The molecule has 0 aliphatic carbocycles. The molecule has 1 aliphatic rings. The van der Waals surface area contributed by atoms with Crippen molar-refractivity contribution < 1.29 is 19.5 Å². The maximum atomic E-state index is 13.9. The molecule has 10 heteroatoms. The summed E-state index contributed by atoms with van der Waals surface area (Å²) in [4.78, 5) is 47.1. The van der Waals surface area contributed by atoms with E-state index in [2.05, 4.69) is 15.6 Å². The van der Waals surface area contributed by atoms with E-state index in [1.165, 1.54) is 24.2 Å². The molecular weight excluding hydrogens is 574 g/mol. The van der Waals surface area contributed by atoms with E-state index in [9.17, 15) is 19.5 Å². The number of thiazole rings is 1.